The first kappa shape index (κ1) is 25.4. The normalized spacial score (nSPS) is 11.6. The number of hydrogen-bond acceptors (Lipinski definition) is 5. The van der Waals surface area contributed by atoms with Gasteiger partial charge in [-0.25, -0.2) is 4.98 Å². The van der Waals surface area contributed by atoms with E-state index in [4.69, 9.17) is 0 Å². The van der Waals surface area contributed by atoms with Gasteiger partial charge in [0.1, 0.15) is 16.3 Å². The maximum Gasteiger partial charge on any atom is 0.573 e. The van der Waals surface area contributed by atoms with Crippen LogP contribution in [0.25, 0.3) is 21.5 Å². The van der Waals surface area contributed by atoms with Crippen LogP contribution in [0.15, 0.2) is 60.7 Å². The van der Waals surface area contributed by atoms with E-state index in [2.05, 4.69) is 19.8 Å². The first-order chi connectivity index (χ1) is 17.1. The van der Waals surface area contributed by atoms with Gasteiger partial charge in [-0.05, 0) is 60.5 Å². The summed E-state index contributed by atoms with van der Waals surface area (Å²) in [5.74, 6) is -0.803. The van der Waals surface area contributed by atoms with Gasteiger partial charge in [-0.15, -0.1) is 24.5 Å². The molecule has 36 heavy (non-hydrogen) atoms. The van der Waals surface area contributed by atoms with E-state index in [1.54, 1.807) is 18.2 Å². The number of halogens is 5. The third-order valence-corrected chi connectivity index (χ3v) is 6.21. The van der Waals surface area contributed by atoms with Crippen LogP contribution >= 0.6 is 11.3 Å². The van der Waals surface area contributed by atoms with Crippen LogP contribution in [-0.2, 0) is 6.42 Å². The molecule has 0 unspecified atom stereocenters. The summed E-state index contributed by atoms with van der Waals surface area (Å²) >= 11 is 1.18. The molecule has 0 spiro atoms. The zero-order valence-corrected chi connectivity index (χ0v) is 19.6. The summed E-state index contributed by atoms with van der Waals surface area (Å²) in [5.41, 5.74) is 2.21. The first-order valence-electron chi connectivity index (χ1n) is 10.8. The molecular formula is C25H19F5N2O3S. The molecule has 1 amide bonds. The molecule has 11 heteroatoms. The van der Waals surface area contributed by atoms with Gasteiger partial charge in [-0.1, -0.05) is 25.5 Å². The Morgan fingerprint density at radius 2 is 1.81 bits per heavy atom. The maximum atomic E-state index is 13.1. The second-order valence-corrected chi connectivity index (χ2v) is 8.64. The van der Waals surface area contributed by atoms with Gasteiger partial charge < -0.3 is 14.8 Å². The van der Waals surface area contributed by atoms with E-state index in [0.717, 1.165) is 29.5 Å². The van der Waals surface area contributed by atoms with Crippen molar-refractivity contribution in [1.29, 1.82) is 0 Å². The van der Waals surface area contributed by atoms with Crippen LogP contribution in [0, 0.1) is 0 Å². The quantitative estimate of drug-likeness (QED) is 0.241. The number of anilines is 1. The average Bonchev–Trinajstić information content (AvgIpc) is 3.17. The van der Waals surface area contributed by atoms with E-state index < -0.39 is 24.6 Å². The van der Waals surface area contributed by atoms with E-state index in [1.807, 2.05) is 13.0 Å². The highest BCUT2D eigenvalue weighted by atomic mass is 32.1. The SMILES string of the molecule is CCCc1c(C(=O)Nc2ccc(OC(F)(F)F)cc2)sc2nc(-c3cccc(OC(F)F)c3)ccc12. The Bertz CT molecular complexity index is 1370. The van der Waals surface area contributed by atoms with Crippen molar-refractivity contribution in [3.8, 4) is 22.8 Å². The molecule has 0 atom stereocenters. The van der Waals surface area contributed by atoms with Crippen LogP contribution in [0.2, 0.25) is 0 Å². The van der Waals surface area contributed by atoms with Crippen LogP contribution in [0.3, 0.4) is 0 Å². The first-order valence-corrected chi connectivity index (χ1v) is 11.6. The molecule has 0 aliphatic heterocycles. The molecule has 188 valence electrons. The number of rotatable bonds is 8. The number of carbonyl (C=O) groups excluding carboxylic acids is 1. The average molecular weight is 522 g/mol. The Balaban J connectivity index is 1.62. The number of aryl methyl sites for hydroxylation is 1. The molecule has 0 saturated heterocycles. The summed E-state index contributed by atoms with van der Waals surface area (Å²) < 4.78 is 70.6. The van der Waals surface area contributed by atoms with Crippen molar-refractivity contribution in [2.24, 2.45) is 0 Å². The number of fused-ring (bicyclic) bond motifs is 1. The molecule has 0 aliphatic carbocycles. The van der Waals surface area contributed by atoms with Gasteiger partial charge in [-0.3, -0.25) is 4.79 Å². The number of alkyl halides is 5. The van der Waals surface area contributed by atoms with Crippen molar-refractivity contribution in [3.63, 3.8) is 0 Å². The Kier molecular flexibility index (Phi) is 7.39. The third kappa shape index (κ3) is 6.09. The fourth-order valence-corrected chi connectivity index (χ4v) is 4.75. The monoisotopic (exact) mass is 522 g/mol. The smallest absolute Gasteiger partial charge is 0.435 e. The van der Waals surface area contributed by atoms with Gasteiger partial charge in [-0.2, -0.15) is 8.78 Å². The summed E-state index contributed by atoms with van der Waals surface area (Å²) in [5, 5.41) is 3.50. The van der Waals surface area contributed by atoms with E-state index in [9.17, 15) is 26.7 Å². The Labute approximate surface area is 206 Å². The number of hydrogen-bond donors (Lipinski definition) is 1. The predicted octanol–water partition coefficient (Wildman–Crippen LogP) is 7.67. The van der Waals surface area contributed by atoms with E-state index >= 15 is 0 Å². The fourth-order valence-electron chi connectivity index (χ4n) is 3.63. The molecule has 4 aromatic rings. The Hall–Kier alpha value is -3.73. The zero-order chi connectivity index (χ0) is 25.9. The van der Waals surface area contributed by atoms with Gasteiger partial charge in [0.25, 0.3) is 5.91 Å². The molecule has 2 aromatic heterocycles. The van der Waals surface area contributed by atoms with Crippen LogP contribution in [0.1, 0.15) is 28.6 Å². The maximum absolute atomic E-state index is 13.1. The predicted molar refractivity (Wildman–Crippen MR) is 127 cm³/mol. The van der Waals surface area contributed by atoms with Gasteiger partial charge in [0.2, 0.25) is 0 Å². The molecule has 4 rings (SSSR count). The molecular weight excluding hydrogens is 503 g/mol. The number of ether oxygens (including phenoxy) is 2. The number of benzene rings is 2. The van der Waals surface area contributed by atoms with Gasteiger partial charge >= 0.3 is 13.0 Å². The van der Waals surface area contributed by atoms with Gasteiger partial charge in [0, 0.05) is 16.6 Å². The molecule has 2 aromatic carbocycles. The van der Waals surface area contributed by atoms with Crippen molar-refractivity contribution in [2.45, 2.75) is 32.7 Å². The van der Waals surface area contributed by atoms with Crippen LogP contribution < -0.4 is 14.8 Å². The lowest BCUT2D eigenvalue weighted by atomic mass is 10.1. The number of pyridine rings is 1. The second-order valence-electron chi connectivity index (χ2n) is 7.64. The van der Waals surface area contributed by atoms with Gasteiger partial charge in [0.15, 0.2) is 0 Å². The minimum Gasteiger partial charge on any atom is -0.435 e. The second kappa shape index (κ2) is 10.5. The highest BCUT2D eigenvalue weighted by molar-refractivity contribution is 7.20. The summed E-state index contributed by atoms with van der Waals surface area (Å²) in [6.07, 6.45) is -3.43. The Morgan fingerprint density at radius 1 is 1.06 bits per heavy atom. The third-order valence-electron chi connectivity index (χ3n) is 5.07. The number of carbonyl (C=O) groups is 1. The van der Waals surface area contributed by atoms with Crippen LogP contribution in [0.5, 0.6) is 11.5 Å². The summed E-state index contributed by atoms with van der Waals surface area (Å²) in [7, 11) is 0. The Morgan fingerprint density at radius 3 is 2.47 bits per heavy atom. The zero-order valence-electron chi connectivity index (χ0n) is 18.7. The highest BCUT2D eigenvalue weighted by Gasteiger charge is 2.31. The van der Waals surface area contributed by atoms with Crippen LogP contribution in [-0.4, -0.2) is 23.9 Å². The van der Waals surface area contributed by atoms with Crippen molar-refractivity contribution in [2.75, 3.05) is 5.32 Å². The molecule has 0 saturated carbocycles. The minimum absolute atomic E-state index is 0.00830. The molecule has 5 nitrogen and oxygen atoms in total. The summed E-state index contributed by atoms with van der Waals surface area (Å²) in [6, 6.07) is 14.6. The van der Waals surface area contributed by atoms with Crippen molar-refractivity contribution in [1.82, 2.24) is 4.98 Å². The van der Waals surface area contributed by atoms with Gasteiger partial charge in [0.05, 0.1) is 10.6 Å². The molecule has 2 heterocycles. The fraction of sp³-hybridized carbons (Fsp3) is 0.200. The molecule has 0 fully saturated rings. The molecule has 0 aliphatic rings. The minimum atomic E-state index is -4.81. The van der Waals surface area contributed by atoms with Crippen molar-refractivity contribution < 1.29 is 36.2 Å². The number of nitrogens with zero attached hydrogens (tertiary/aromatic N) is 1. The number of amides is 1. The molecule has 1 N–H and O–H groups in total. The summed E-state index contributed by atoms with van der Waals surface area (Å²) in [6.45, 7) is -0.972. The van der Waals surface area contributed by atoms with Crippen molar-refractivity contribution in [3.05, 3.63) is 71.1 Å². The largest absolute Gasteiger partial charge is 0.573 e. The van der Waals surface area contributed by atoms with E-state index in [0.29, 0.717) is 33.1 Å². The molecule has 0 radical (unpaired) electrons. The standard InChI is InChI=1S/C25H19F5N2O3S/c1-2-4-18-19-11-12-20(14-5-3-6-17(13-14)34-24(26)27)32-23(19)36-21(18)22(33)31-15-7-9-16(10-8-15)35-25(28,29)30/h3,5-13,24H,2,4H2,1H3,(H,31,33). The summed E-state index contributed by atoms with van der Waals surface area (Å²) in [4.78, 5) is 18.7. The highest BCUT2D eigenvalue weighted by Crippen LogP contribution is 2.34. The van der Waals surface area contributed by atoms with E-state index in [1.165, 1.54) is 35.6 Å². The lowest BCUT2D eigenvalue weighted by Crippen LogP contribution is -2.17. The molecule has 0 bridgehead atoms. The number of aromatic nitrogens is 1. The van der Waals surface area contributed by atoms with E-state index in [-0.39, 0.29) is 5.75 Å². The van der Waals surface area contributed by atoms with Crippen molar-refractivity contribution >= 4 is 33.1 Å². The van der Waals surface area contributed by atoms with Crippen LogP contribution in [0.4, 0.5) is 27.6 Å². The lowest BCUT2D eigenvalue weighted by Gasteiger charge is -2.10. The topological polar surface area (TPSA) is 60.5 Å². The lowest BCUT2D eigenvalue weighted by molar-refractivity contribution is -0.274. The number of nitrogens with one attached hydrogen (secondary N) is 1. The number of thiophene rings is 1.